The van der Waals surface area contributed by atoms with Gasteiger partial charge in [-0.2, -0.15) is 0 Å². The summed E-state index contributed by atoms with van der Waals surface area (Å²) in [5, 5.41) is 15.4. The SMILES string of the molecule is CCNC(=NCCn1cnnc1CC)NCCSc1ccc(Cl)cc1. The molecule has 0 spiro atoms. The van der Waals surface area contributed by atoms with Gasteiger partial charge in [0.25, 0.3) is 0 Å². The van der Waals surface area contributed by atoms with Crippen molar-refractivity contribution in [2.75, 3.05) is 25.4 Å². The average molecular weight is 381 g/mol. The first-order valence-corrected chi connectivity index (χ1v) is 9.86. The molecule has 0 aliphatic heterocycles. The minimum atomic E-state index is 0.685. The summed E-state index contributed by atoms with van der Waals surface area (Å²) in [5.41, 5.74) is 0. The third-order valence-corrected chi connectivity index (χ3v) is 4.71. The van der Waals surface area contributed by atoms with Gasteiger partial charge >= 0.3 is 0 Å². The second-order valence-electron chi connectivity index (χ2n) is 5.28. The second kappa shape index (κ2) is 11.0. The van der Waals surface area contributed by atoms with Gasteiger partial charge in [0, 0.05) is 41.7 Å². The van der Waals surface area contributed by atoms with Gasteiger partial charge in [-0.25, -0.2) is 0 Å². The van der Waals surface area contributed by atoms with Gasteiger partial charge in [-0.15, -0.1) is 22.0 Å². The van der Waals surface area contributed by atoms with Crippen LogP contribution in [-0.2, 0) is 13.0 Å². The normalized spacial score (nSPS) is 11.6. The molecule has 1 aromatic heterocycles. The van der Waals surface area contributed by atoms with E-state index in [1.54, 1.807) is 18.1 Å². The van der Waals surface area contributed by atoms with Gasteiger partial charge in [0.2, 0.25) is 0 Å². The molecule has 2 N–H and O–H groups in total. The van der Waals surface area contributed by atoms with E-state index in [-0.39, 0.29) is 0 Å². The first-order chi connectivity index (χ1) is 12.2. The third kappa shape index (κ3) is 6.96. The number of nitrogens with one attached hydrogen (secondary N) is 2. The van der Waals surface area contributed by atoms with Crippen LogP contribution in [0.3, 0.4) is 0 Å². The Morgan fingerprint density at radius 1 is 1.24 bits per heavy atom. The van der Waals surface area contributed by atoms with Crippen molar-refractivity contribution < 1.29 is 0 Å². The lowest BCUT2D eigenvalue weighted by atomic mass is 10.4. The smallest absolute Gasteiger partial charge is 0.191 e. The molecule has 1 aromatic carbocycles. The standard InChI is InChI=1S/C17H25ClN6S/c1-3-16-23-22-13-24(16)11-9-20-17(19-4-2)21-10-12-25-15-7-5-14(18)6-8-15/h5-8,13H,3-4,9-12H2,1-2H3,(H2,19,20,21). The van der Waals surface area contributed by atoms with Gasteiger partial charge in [-0.1, -0.05) is 18.5 Å². The molecule has 0 radical (unpaired) electrons. The van der Waals surface area contributed by atoms with E-state index in [0.29, 0.717) is 6.54 Å². The average Bonchev–Trinajstić information content (AvgIpc) is 3.07. The van der Waals surface area contributed by atoms with Gasteiger partial charge in [0.05, 0.1) is 6.54 Å². The molecule has 1 heterocycles. The number of benzene rings is 1. The molecular formula is C17H25ClN6S. The highest BCUT2D eigenvalue weighted by Crippen LogP contribution is 2.19. The lowest BCUT2D eigenvalue weighted by molar-refractivity contribution is 0.662. The van der Waals surface area contributed by atoms with Gasteiger partial charge < -0.3 is 15.2 Å². The number of thioether (sulfide) groups is 1. The Kier molecular flexibility index (Phi) is 8.62. The molecule has 0 aliphatic rings. The fraction of sp³-hybridized carbons (Fsp3) is 0.471. The fourth-order valence-electron chi connectivity index (χ4n) is 2.22. The maximum atomic E-state index is 5.90. The molecule has 2 aromatic rings. The number of guanidine groups is 1. The van der Waals surface area contributed by atoms with Crippen LogP contribution in [0.1, 0.15) is 19.7 Å². The predicted octanol–water partition coefficient (Wildman–Crippen LogP) is 2.84. The van der Waals surface area contributed by atoms with E-state index in [1.807, 2.05) is 28.8 Å². The Morgan fingerprint density at radius 3 is 2.76 bits per heavy atom. The summed E-state index contributed by atoms with van der Waals surface area (Å²) in [6.45, 7) is 7.29. The van der Waals surface area contributed by atoms with E-state index in [1.165, 1.54) is 4.90 Å². The Bertz CT molecular complexity index is 655. The van der Waals surface area contributed by atoms with Crippen molar-refractivity contribution in [3.8, 4) is 0 Å². The molecule has 8 heteroatoms. The van der Waals surface area contributed by atoms with Crippen molar-refractivity contribution in [1.29, 1.82) is 0 Å². The molecule has 0 bridgehead atoms. The van der Waals surface area contributed by atoms with Crippen LogP contribution in [0.5, 0.6) is 0 Å². The minimum absolute atomic E-state index is 0.685. The van der Waals surface area contributed by atoms with Crippen molar-refractivity contribution in [3.63, 3.8) is 0 Å². The molecular weight excluding hydrogens is 356 g/mol. The van der Waals surface area contributed by atoms with Crippen molar-refractivity contribution in [1.82, 2.24) is 25.4 Å². The summed E-state index contributed by atoms with van der Waals surface area (Å²) in [7, 11) is 0. The number of aliphatic imine (C=N–C) groups is 1. The summed E-state index contributed by atoms with van der Waals surface area (Å²) in [5.74, 6) is 2.79. The zero-order valence-corrected chi connectivity index (χ0v) is 16.3. The Balaban J connectivity index is 1.74. The van der Waals surface area contributed by atoms with E-state index < -0.39 is 0 Å². The minimum Gasteiger partial charge on any atom is -0.357 e. The monoisotopic (exact) mass is 380 g/mol. The predicted molar refractivity (Wildman–Crippen MR) is 106 cm³/mol. The lowest BCUT2D eigenvalue weighted by Gasteiger charge is -2.11. The van der Waals surface area contributed by atoms with E-state index >= 15 is 0 Å². The van der Waals surface area contributed by atoms with Crippen LogP contribution in [0.25, 0.3) is 0 Å². The van der Waals surface area contributed by atoms with E-state index in [9.17, 15) is 0 Å². The maximum absolute atomic E-state index is 5.90. The summed E-state index contributed by atoms with van der Waals surface area (Å²) in [6, 6.07) is 7.91. The molecule has 0 fully saturated rings. The van der Waals surface area contributed by atoms with Crippen molar-refractivity contribution >= 4 is 29.3 Å². The quantitative estimate of drug-likeness (QED) is 0.303. The Hall–Kier alpha value is -1.73. The van der Waals surface area contributed by atoms with Crippen molar-refractivity contribution in [3.05, 3.63) is 41.4 Å². The van der Waals surface area contributed by atoms with Crippen LogP contribution in [0.2, 0.25) is 5.02 Å². The molecule has 136 valence electrons. The molecule has 2 rings (SSSR count). The molecule has 0 saturated carbocycles. The molecule has 0 amide bonds. The number of nitrogens with zero attached hydrogens (tertiary/aromatic N) is 4. The van der Waals surface area contributed by atoms with Crippen molar-refractivity contribution in [2.24, 2.45) is 4.99 Å². The third-order valence-electron chi connectivity index (χ3n) is 3.44. The van der Waals surface area contributed by atoms with E-state index in [2.05, 4.69) is 39.7 Å². The van der Waals surface area contributed by atoms with Crippen LogP contribution in [-0.4, -0.2) is 46.1 Å². The van der Waals surface area contributed by atoms with Gasteiger partial charge in [0.15, 0.2) is 5.96 Å². The van der Waals surface area contributed by atoms with Gasteiger partial charge in [0.1, 0.15) is 12.2 Å². The van der Waals surface area contributed by atoms with Crippen LogP contribution in [0.4, 0.5) is 0 Å². The summed E-state index contributed by atoms with van der Waals surface area (Å²) >= 11 is 7.69. The zero-order valence-electron chi connectivity index (χ0n) is 14.7. The van der Waals surface area contributed by atoms with Crippen LogP contribution in [0, 0.1) is 0 Å². The number of hydrogen-bond donors (Lipinski definition) is 2. The van der Waals surface area contributed by atoms with E-state index in [0.717, 1.165) is 48.6 Å². The summed E-state index contributed by atoms with van der Waals surface area (Å²) < 4.78 is 2.05. The van der Waals surface area contributed by atoms with E-state index in [4.69, 9.17) is 11.6 Å². The van der Waals surface area contributed by atoms with Crippen LogP contribution < -0.4 is 10.6 Å². The highest BCUT2D eigenvalue weighted by atomic mass is 35.5. The molecule has 0 atom stereocenters. The van der Waals surface area contributed by atoms with Gasteiger partial charge in [-0.05, 0) is 31.2 Å². The number of rotatable bonds is 9. The van der Waals surface area contributed by atoms with Crippen LogP contribution >= 0.6 is 23.4 Å². The first kappa shape index (κ1) is 19.6. The maximum Gasteiger partial charge on any atom is 0.191 e. The fourth-order valence-corrected chi connectivity index (χ4v) is 3.11. The molecule has 0 saturated heterocycles. The first-order valence-electron chi connectivity index (χ1n) is 8.50. The number of aromatic nitrogens is 3. The number of halogens is 1. The molecule has 25 heavy (non-hydrogen) atoms. The largest absolute Gasteiger partial charge is 0.357 e. The number of aryl methyl sites for hydroxylation is 1. The molecule has 0 aliphatic carbocycles. The Morgan fingerprint density at radius 2 is 2.04 bits per heavy atom. The molecule has 6 nitrogen and oxygen atoms in total. The Labute approximate surface area is 158 Å². The number of hydrogen-bond acceptors (Lipinski definition) is 4. The lowest BCUT2D eigenvalue weighted by Crippen LogP contribution is -2.38. The molecule has 0 unspecified atom stereocenters. The topological polar surface area (TPSA) is 67.1 Å². The van der Waals surface area contributed by atoms with Gasteiger partial charge in [-0.3, -0.25) is 4.99 Å². The highest BCUT2D eigenvalue weighted by molar-refractivity contribution is 7.99. The highest BCUT2D eigenvalue weighted by Gasteiger charge is 2.02. The van der Waals surface area contributed by atoms with Crippen molar-refractivity contribution in [2.45, 2.75) is 31.7 Å². The van der Waals surface area contributed by atoms with Crippen LogP contribution in [0.15, 0.2) is 40.5 Å². The summed E-state index contributed by atoms with van der Waals surface area (Å²) in [4.78, 5) is 5.83. The zero-order chi connectivity index (χ0) is 17.9. The second-order valence-corrected chi connectivity index (χ2v) is 6.89. The summed E-state index contributed by atoms with van der Waals surface area (Å²) in [6.07, 6.45) is 2.64.